The number of carbonyl (C=O) groups excluding carboxylic acids is 2. The van der Waals surface area contributed by atoms with Crippen molar-refractivity contribution in [3.63, 3.8) is 0 Å². The fraction of sp³-hybridized carbons (Fsp3) is 0.429. The number of anilines is 2. The van der Waals surface area contributed by atoms with E-state index in [2.05, 4.69) is 10.6 Å². The fourth-order valence-electron chi connectivity index (χ4n) is 2.18. The molecule has 2 amide bonds. The van der Waals surface area contributed by atoms with E-state index in [4.69, 9.17) is 10.5 Å². The SMILES string of the molecule is CC(=O)Nc1cc(NC(=O)C2CCC(CN)O2)ccc1F. The smallest absolute Gasteiger partial charge is 0.253 e. The highest BCUT2D eigenvalue weighted by Gasteiger charge is 2.29. The number of rotatable bonds is 4. The number of hydrogen-bond donors (Lipinski definition) is 3. The third-order valence-electron chi connectivity index (χ3n) is 3.21. The maximum atomic E-state index is 13.5. The van der Waals surface area contributed by atoms with Crippen molar-refractivity contribution in [1.82, 2.24) is 0 Å². The summed E-state index contributed by atoms with van der Waals surface area (Å²) < 4.78 is 19.0. The van der Waals surface area contributed by atoms with Gasteiger partial charge in [0.15, 0.2) is 0 Å². The molecule has 2 atom stereocenters. The summed E-state index contributed by atoms with van der Waals surface area (Å²) in [6.07, 6.45) is 0.708. The Balaban J connectivity index is 2.02. The Bertz CT molecular complexity index is 550. The van der Waals surface area contributed by atoms with Crippen molar-refractivity contribution in [2.24, 2.45) is 5.73 Å². The van der Waals surface area contributed by atoms with Crippen LogP contribution in [0.1, 0.15) is 19.8 Å². The molecular formula is C14H18FN3O3. The molecule has 1 aliphatic rings. The Kier molecular flexibility index (Phi) is 4.87. The van der Waals surface area contributed by atoms with Gasteiger partial charge in [0, 0.05) is 19.2 Å². The Morgan fingerprint density at radius 1 is 1.38 bits per heavy atom. The van der Waals surface area contributed by atoms with E-state index >= 15 is 0 Å². The predicted octanol–water partition coefficient (Wildman–Crippen LogP) is 1.23. The maximum Gasteiger partial charge on any atom is 0.253 e. The van der Waals surface area contributed by atoms with E-state index in [1.165, 1.54) is 25.1 Å². The first-order chi connectivity index (χ1) is 9.99. The minimum atomic E-state index is -0.566. The molecule has 4 N–H and O–H groups in total. The fourth-order valence-corrected chi connectivity index (χ4v) is 2.18. The minimum Gasteiger partial charge on any atom is -0.364 e. The molecule has 114 valence electrons. The van der Waals surface area contributed by atoms with Crippen molar-refractivity contribution in [1.29, 1.82) is 0 Å². The molecule has 1 aromatic rings. The summed E-state index contributed by atoms with van der Waals surface area (Å²) >= 11 is 0. The van der Waals surface area contributed by atoms with E-state index in [9.17, 15) is 14.0 Å². The lowest BCUT2D eigenvalue weighted by molar-refractivity contribution is -0.126. The second-order valence-electron chi connectivity index (χ2n) is 4.92. The van der Waals surface area contributed by atoms with Gasteiger partial charge in [-0.25, -0.2) is 4.39 Å². The summed E-state index contributed by atoms with van der Waals surface area (Å²) in [5.74, 6) is -1.25. The molecule has 0 radical (unpaired) electrons. The van der Waals surface area contributed by atoms with E-state index in [0.717, 1.165) is 6.42 Å². The summed E-state index contributed by atoms with van der Waals surface area (Å²) in [6.45, 7) is 1.66. The van der Waals surface area contributed by atoms with E-state index in [0.29, 0.717) is 18.7 Å². The molecule has 1 fully saturated rings. The van der Waals surface area contributed by atoms with Gasteiger partial charge < -0.3 is 21.1 Å². The maximum absolute atomic E-state index is 13.5. The molecule has 0 saturated carbocycles. The first-order valence-corrected chi connectivity index (χ1v) is 6.73. The van der Waals surface area contributed by atoms with E-state index in [-0.39, 0.29) is 23.6 Å². The zero-order valence-electron chi connectivity index (χ0n) is 11.7. The third kappa shape index (κ3) is 3.99. The average Bonchev–Trinajstić information content (AvgIpc) is 2.91. The number of benzene rings is 1. The molecular weight excluding hydrogens is 277 g/mol. The van der Waals surface area contributed by atoms with Crippen molar-refractivity contribution in [2.45, 2.75) is 32.0 Å². The molecule has 21 heavy (non-hydrogen) atoms. The molecule has 0 spiro atoms. The van der Waals surface area contributed by atoms with E-state index < -0.39 is 11.9 Å². The van der Waals surface area contributed by atoms with Gasteiger partial charge in [0.25, 0.3) is 5.91 Å². The molecule has 7 heteroatoms. The van der Waals surface area contributed by atoms with Crippen molar-refractivity contribution >= 4 is 23.2 Å². The van der Waals surface area contributed by atoms with Crippen LogP contribution in [0, 0.1) is 5.82 Å². The van der Waals surface area contributed by atoms with Crippen LogP contribution in [0.2, 0.25) is 0 Å². The van der Waals surface area contributed by atoms with Crippen molar-refractivity contribution < 1.29 is 18.7 Å². The molecule has 2 rings (SSSR count). The zero-order valence-corrected chi connectivity index (χ0v) is 11.7. The average molecular weight is 295 g/mol. The van der Waals surface area contributed by atoms with E-state index in [1.807, 2.05) is 0 Å². The van der Waals surface area contributed by atoms with Crippen LogP contribution in [0.5, 0.6) is 0 Å². The molecule has 1 aliphatic heterocycles. The van der Waals surface area contributed by atoms with Crippen molar-refractivity contribution in [3.05, 3.63) is 24.0 Å². The van der Waals surface area contributed by atoms with Crippen molar-refractivity contribution in [3.8, 4) is 0 Å². The lowest BCUT2D eigenvalue weighted by Crippen LogP contribution is -2.29. The lowest BCUT2D eigenvalue weighted by Gasteiger charge is -2.13. The number of nitrogens with two attached hydrogens (primary N) is 1. The van der Waals surface area contributed by atoms with Crippen LogP contribution in [0.4, 0.5) is 15.8 Å². The molecule has 1 saturated heterocycles. The summed E-state index contributed by atoms with van der Waals surface area (Å²) in [5.41, 5.74) is 5.91. The van der Waals surface area contributed by atoms with E-state index in [1.54, 1.807) is 0 Å². The highest BCUT2D eigenvalue weighted by molar-refractivity contribution is 5.95. The Morgan fingerprint density at radius 3 is 2.76 bits per heavy atom. The van der Waals surface area contributed by atoms with Gasteiger partial charge in [-0.05, 0) is 31.0 Å². The number of carbonyl (C=O) groups is 2. The van der Waals surface area contributed by atoms with Crippen LogP contribution in [0.15, 0.2) is 18.2 Å². The highest BCUT2D eigenvalue weighted by Crippen LogP contribution is 2.23. The second-order valence-corrected chi connectivity index (χ2v) is 4.92. The summed E-state index contributed by atoms with van der Waals surface area (Å²) in [6, 6.07) is 3.97. The first-order valence-electron chi connectivity index (χ1n) is 6.73. The monoisotopic (exact) mass is 295 g/mol. The van der Waals surface area contributed by atoms with Crippen LogP contribution >= 0.6 is 0 Å². The van der Waals surface area contributed by atoms with Crippen LogP contribution in [-0.4, -0.2) is 30.6 Å². The quantitative estimate of drug-likeness (QED) is 0.779. The van der Waals surface area contributed by atoms with Crippen LogP contribution in [0.3, 0.4) is 0 Å². The number of hydrogen-bond acceptors (Lipinski definition) is 4. The Hall–Kier alpha value is -1.99. The summed E-state index contributed by atoms with van der Waals surface area (Å²) in [5, 5.41) is 5.01. The topological polar surface area (TPSA) is 93.5 Å². The standard InChI is InChI=1S/C14H18FN3O3/c1-8(19)17-12-6-9(2-4-11(12)15)18-14(20)13-5-3-10(7-16)21-13/h2,4,6,10,13H,3,5,7,16H2,1H3,(H,17,19)(H,18,20). The molecule has 0 bridgehead atoms. The molecule has 2 unspecified atom stereocenters. The Labute approximate surface area is 121 Å². The largest absolute Gasteiger partial charge is 0.364 e. The van der Waals surface area contributed by atoms with Gasteiger partial charge in [0.2, 0.25) is 5.91 Å². The van der Waals surface area contributed by atoms with Gasteiger partial charge in [-0.2, -0.15) is 0 Å². The van der Waals surface area contributed by atoms with Crippen molar-refractivity contribution in [2.75, 3.05) is 17.2 Å². The minimum absolute atomic E-state index is 0.0208. The number of nitrogens with one attached hydrogen (secondary N) is 2. The first kappa shape index (κ1) is 15.4. The number of ether oxygens (including phenoxy) is 1. The molecule has 6 nitrogen and oxygen atoms in total. The molecule has 0 aromatic heterocycles. The van der Waals surface area contributed by atoms with Gasteiger partial charge in [-0.1, -0.05) is 0 Å². The van der Waals surface area contributed by atoms with Crippen LogP contribution in [0.25, 0.3) is 0 Å². The van der Waals surface area contributed by atoms with Gasteiger partial charge in [0.1, 0.15) is 11.9 Å². The summed E-state index contributed by atoms with van der Waals surface area (Å²) in [4.78, 5) is 23.0. The predicted molar refractivity (Wildman–Crippen MR) is 76.3 cm³/mol. The van der Waals surface area contributed by atoms with Crippen LogP contribution < -0.4 is 16.4 Å². The molecule has 1 aromatic carbocycles. The lowest BCUT2D eigenvalue weighted by atomic mass is 10.2. The van der Waals surface area contributed by atoms with Gasteiger partial charge in [-0.15, -0.1) is 0 Å². The molecule has 0 aliphatic carbocycles. The number of amides is 2. The second kappa shape index (κ2) is 6.64. The normalized spacial score (nSPS) is 21.1. The third-order valence-corrected chi connectivity index (χ3v) is 3.21. The zero-order chi connectivity index (χ0) is 15.4. The van der Waals surface area contributed by atoms with Crippen LogP contribution in [-0.2, 0) is 14.3 Å². The highest BCUT2D eigenvalue weighted by atomic mass is 19.1. The van der Waals surface area contributed by atoms with Gasteiger partial charge in [-0.3, -0.25) is 9.59 Å². The van der Waals surface area contributed by atoms with Gasteiger partial charge in [0.05, 0.1) is 11.8 Å². The number of halogens is 1. The van der Waals surface area contributed by atoms with Gasteiger partial charge >= 0.3 is 0 Å². The molecule has 1 heterocycles. The summed E-state index contributed by atoms with van der Waals surface area (Å²) in [7, 11) is 0. The Morgan fingerprint density at radius 2 is 2.14 bits per heavy atom.